The van der Waals surface area contributed by atoms with Crippen molar-refractivity contribution >= 4 is 17.8 Å². The molecule has 3 amide bonds. The second-order valence-electron chi connectivity index (χ2n) is 4.09. The zero-order valence-corrected chi connectivity index (χ0v) is 9.88. The Labute approximate surface area is 108 Å². The zero-order valence-electron chi connectivity index (χ0n) is 9.88. The standard InChI is InChI=1S/C12H11N5O2/c18-11-9-10(14-12(19)16-15-11)17(7-13-9)6-8-4-2-1-3-5-8/h1-5,7H,6H2,(H,15,18)(H2,14,16,19). The first-order valence-electron chi connectivity index (χ1n) is 5.70. The molecule has 1 aliphatic rings. The van der Waals surface area contributed by atoms with Gasteiger partial charge in [0, 0.05) is 0 Å². The number of rotatable bonds is 2. The molecule has 0 saturated heterocycles. The molecular formula is C12H11N5O2. The molecule has 7 heteroatoms. The Morgan fingerprint density at radius 1 is 1.11 bits per heavy atom. The van der Waals surface area contributed by atoms with E-state index < -0.39 is 11.9 Å². The molecule has 0 bridgehead atoms. The van der Waals surface area contributed by atoms with Crippen LogP contribution < -0.4 is 16.2 Å². The van der Waals surface area contributed by atoms with E-state index in [4.69, 9.17) is 0 Å². The van der Waals surface area contributed by atoms with Crippen LogP contribution in [0.1, 0.15) is 16.1 Å². The average Bonchev–Trinajstić information content (AvgIpc) is 2.73. The quantitative estimate of drug-likeness (QED) is 0.740. The van der Waals surface area contributed by atoms with E-state index in [1.165, 1.54) is 6.33 Å². The first-order valence-corrected chi connectivity index (χ1v) is 5.70. The lowest BCUT2D eigenvalue weighted by Crippen LogP contribution is -2.41. The number of benzene rings is 1. The monoisotopic (exact) mass is 257 g/mol. The second-order valence-corrected chi connectivity index (χ2v) is 4.09. The summed E-state index contributed by atoms with van der Waals surface area (Å²) >= 11 is 0. The first-order chi connectivity index (χ1) is 9.24. The third-order valence-electron chi connectivity index (χ3n) is 2.77. The van der Waals surface area contributed by atoms with Crippen molar-refractivity contribution in [3.8, 4) is 0 Å². The maximum atomic E-state index is 11.7. The van der Waals surface area contributed by atoms with E-state index in [-0.39, 0.29) is 5.69 Å². The number of carbonyl (C=O) groups excluding carboxylic acids is 2. The molecule has 96 valence electrons. The maximum Gasteiger partial charge on any atom is 0.339 e. The SMILES string of the molecule is O=C1NNC(=O)c2ncn(Cc3ccccc3)c2N1. The molecule has 0 unspecified atom stereocenters. The lowest BCUT2D eigenvalue weighted by molar-refractivity contribution is 0.0936. The van der Waals surface area contributed by atoms with Crippen LogP contribution in [0.2, 0.25) is 0 Å². The zero-order chi connectivity index (χ0) is 13.2. The number of aromatic nitrogens is 2. The van der Waals surface area contributed by atoms with E-state index >= 15 is 0 Å². The van der Waals surface area contributed by atoms with Gasteiger partial charge in [-0.1, -0.05) is 30.3 Å². The Bertz CT molecular complexity index is 635. The normalized spacial score (nSPS) is 13.9. The number of hydrazine groups is 1. The molecule has 0 atom stereocenters. The molecule has 1 aromatic heterocycles. The van der Waals surface area contributed by atoms with Gasteiger partial charge in [0.25, 0.3) is 5.91 Å². The highest BCUT2D eigenvalue weighted by molar-refractivity contribution is 6.04. The number of carbonyl (C=O) groups is 2. The molecule has 2 aromatic rings. The Kier molecular flexibility index (Phi) is 2.64. The first kappa shape index (κ1) is 11.3. The Morgan fingerprint density at radius 3 is 2.68 bits per heavy atom. The summed E-state index contributed by atoms with van der Waals surface area (Å²) in [6.45, 7) is 0.525. The number of amides is 3. The molecule has 0 spiro atoms. The van der Waals surface area contributed by atoms with Crippen molar-refractivity contribution < 1.29 is 9.59 Å². The Balaban J connectivity index is 1.96. The molecule has 7 nitrogen and oxygen atoms in total. The van der Waals surface area contributed by atoms with Crippen LogP contribution in [0, 0.1) is 0 Å². The van der Waals surface area contributed by atoms with Crippen molar-refractivity contribution in [2.45, 2.75) is 6.54 Å². The summed E-state index contributed by atoms with van der Waals surface area (Å²) in [5.74, 6) is -0.0588. The van der Waals surface area contributed by atoms with Gasteiger partial charge in [-0.3, -0.25) is 15.5 Å². The van der Waals surface area contributed by atoms with E-state index in [9.17, 15) is 9.59 Å². The third-order valence-corrected chi connectivity index (χ3v) is 2.77. The molecule has 2 heterocycles. The largest absolute Gasteiger partial charge is 0.339 e. The number of urea groups is 1. The van der Waals surface area contributed by atoms with E-state index in [2.05, 4.69) is 21.2 Å². The van der Waals surface area contributed by atoms with E-state index in [0.717, 1.165) is 5.56 Å². The van der Waals surface area contributed by atoms with E-state index in [1.807, 2.05) is 30.3 Å². The van der Waals surface area contributed by atoms with Gasteiger partial charge in [0.2, 0.25) is 0 Å². The van der Waals surface area contributed by atoms with Crippen molar-refractivity contribution in [2.24, 2.45) is 0 Å². The summed E-state index contributed by atoms with van der Waals surface area (Å²) in [4.78, 5) is 27.1. The van der Waals surface area contributed by atoms with Crippen LogP contribution in [0.25, 0.3) is 0 Å². The second kappa shape index (κ2) is 4.45. The number of nitrogens with zero attached hydrogens (tertiary/aromatic N) is 2. The lowest BCUT2D eigenvalue weighted by Gasteiger charge is -2.08. The number of nitrogens with one attached hydrogen (secondary N) is 3. The minimum absolute atomic E-state index is 0.189. The summed E-state index contributed by atoms with van der Waals surface area (Å²) in [5, 5.41) is 2.59. The van der Waals surface area contributed by atoms with Gasteiger partial charge in [-0.15, -0.1) is 0 Å². The number of fused-ring (bicyclic) bond motifs is 1. The molecule has 3 rings (SSSR count). The number of hydrogen-bond acceptors (Lipinski definition) is 3. The van der Waals surface area contributed by atoms with Crippen molar-refractivity contribution in [1.82, 2.24) is 20.4 Å². The molecule has 0 fully saturated rings. The molecule has 1 aromatic carbocycles. The highest BCUT2D eigenvalue weighted by atomic mass is 16.2. The van der Waals surface area contributed by atoms with Crippen molar-refractivity contribution in [3.05, 3.63) is 47.9 Å². The molecule has 1 aliphatic heterocycles. The van der Waals surface area contributed by atoms with Gasteiger partial charge in [-0.2, -0.15) is 0 Å². The minimum Gasteiger partial charge on any atom is -0.312 e. The maximum absolute atomic E-state index is 11.7. The highest BCUT2D eigenvalue weighted by Gasteiger charge is 2.23. The molecule has 0 saturated carbocycles. The van der Waals surface area contributed by atoms with E-state index in [0.29, 0.717) is 12.4 Å². The Hall–Kier alpha value is -2.83. The third kappa shape index (κ3) is 2.13. The number of anilines is 1. The van der Waals surface area contributed by atoms with Crippen molar-refractivity contribution in [1.29, 1.82) is 0 Å². The molecule has 19 heavy (non-hydrogen) atoms. The predicted molar refractivity (Wildman–Crippen MR) is 67.4 cm³/mol. The summed E-state index contributed by atoms with van der Waals surface area (Å²) in [7, 11) is 0. The fourth-order valence-corrected chi connectivity index (χ4v) is 1.89. The van der Waals surface area contributed by atoms with Gasteiger partial charge >= 0.3 is 6.03 Å². The van der Waals surface area contributed by atoms with Gasteiger partial charge in [0.15, 0.2) is 5.69 Å². The smallest absolute Gasteiger partial charge is 0.312 e. The summed E-state index contributed by atoms with van der Waals surface area (Å²) in [5.41, 5.74) is 5.71. The predicted octanol–water partition coefficient (Wildman–Crippen LogP) is 0.711. The number of hydrogen-bond donors (Lipinski definition) is 3. The van der Waals surface area contributed by atoms with Crippen molar-refractivity contribution in [3.63, 3.8) is 0 Å². The van der Waals surface area contributed by atoms with Crippen LogP contribution in [0.5, 0.6) is 0 Å². The Morgan fingerprint density at radius 2 is 1.89 bits per heavy atom. The van der Waals surface area contributed by atoms with Crippen LogP contribution >= 0.6 is 0 Å². The van der Waals surface area contributed by atoms with Gasteiger partial charge < -0.3 is 4.57 Å². The molecule has 0 aliphatic carbocycles. The van der Waals surface area contributed by atoms with Gasteiger partial charge in [-0.05, 0) is 5.56 Å². The highest BCUT2D eigenvalue weighted by Crippen LogP contribution is 2.17. The van der Waals surface area contributed by atoms with E-state index in [1.54, 1.807) is 4.57 Å². The van der Waals surface area contributed by atoms with Gasteiger partial charge in [0.1, 0.15) is 5.82 Å². The number of imidazole rings is 1. The van der Waals surface area contributed by atoms with Crippen molar-refractivity contribution in [2.75, 3.05) is 5.32 Å². The lowest BCUT2D eigenvalue weighted by atomic mass is 10.2. The fourth-order valence-electron chi connectivity index (χ4n) is 1.89. The summed E-state index contributed by atoms with van der Waals surface area (Å²) in [6.07, 6.45) is 1.53. The van der Waals surface area contributed by atoms with Crippen LogP contribution in [-0.4, -0.2) is 21.5 Å². The van der Waals surface area contributed by atoms with Crippen LogP contribution in [-0.2, 0) is 6.54 Å². The topological polar surface area (TPSA) is 88.1 Å². The summed E-state index contributed by atoms with van der Waals surface area (Å²) in [6, 6.07) is 9.21. The fraction of sp³-hybridized carbons (Fsp3) is 0.0833. The van der Waals surface area contributed by atoms with Gasteiger partial charge in [-0.25, -0.2) is 15.2 Å². The minimum atomic E-state index is -0.498. The molecular weight excluding hydrogens is 246 g/mol. The van der Waals surface area contributed by atoms with Crippen LogP contribution in [0.3, 0.4) is 0 Å². The van der Waals surface area contributed by atoms with Crippen LogP contribution in [0.4, 0.5) is 10.6 Å². The molecule has 0 radical (unpaired) electrons. The summed E-state index contributed by atoms with van der Waals surface area (Å²) < 4.78 is 1.72. The molecule has 3 N–H and O–H groups in total. The average molecular weight is 257 g/mol. The van der Waals surface area contributed by atoms with Gasteiger partial charge in [0.05, 0.1) is 12.9 Å². The van der Waals surface area contributed by atoms with Crippen LogP contribution in [0.15, 0.2) is 36.7 Å².